The highest BCUT2D eigenvalue weighted by Crippen LogP contribution is 2.42. The molecule has 0 unspecified atom stereocenters. The second-order valence-corrected chi connectivity index (χ2v) is 8.66. The summed E-state index contributed by atoms with van der Waals surface area (Å²) >= 11 is 12.2. The lowest BCUT2D eigenvalue weighted by molar-refractivity contribution is 0.0154. The van der Waals surface area contributed by atoms with Crippen LogP contribution in [-0.4, -0.2) is 29.7 Å². The highest BCUT2D eigenvalue weighted by molar-refractivity contribution is 6.37. The van der Waals surface area contributed by atoms with E-state index in [0.717, 1.165) is 0 Å². The quantitative estimate of drug-likeness (QED) is 0.567. The average Bonchev–Trinajstić information content (AvgIpc) is 2.88. The van der Waals surface area contributed by atoms with Crippen molar-refractivity contribution < 1.29 is 18.3 Å². The van der Waals surface area contributed by atoms with E-state index in [-0.39, 0.29) is 23.0 Å². The highest BCUT2D eigenvalue weighted by Gasteiger charge is 2.35. The summed E-state index contributed by atoms with van der Waals surface area (Å²) in [4.78, 5) is 14.0. The molecule has 0 aliphatic carbocycles. The van der Waals surface area contributed by atoms with E-state index in [2.05, 4.69) is 0 Å². The molecule has 1 saturated heterocycles. The number of carbonyl (C=O) groups is 1. The Morgan fingerprint density at radius 2 is 2.04 bits per heavy atom. The molecule has 2 atom stereocenters. The second-order valence-electron chi connectivity index (χ2n) is 7.85. The van der Waals surface area contributed by atoms with Gasteiger partial charge in [0.25, 0.3) is 0 Å². The molecule has 0 N–H and O–H groups in total. The van der Waals surface area contributed by atoms with Crippen molar-refractivity contribution in [3.63, 3.8) is 0 Å². The number of rotatable bonds is 1. The summed E-state index contributed by atoms with van der Waals surface area (Å²) in [6.07, 6.45) is 1.64. The van der Waals surface area contributed by atoms with Crippen LogP contribution >= 0.6 is 23.2 Å². The lowest BCUT2D eigenvalue weighted by atomic mass is 9.81. The zero-order valence-electron chi connectivity index (χ0n) is 15.2. The molecule has 1 aromatic carbocycles. The Kier molecular flexibility index (Phi) is 5.15. The largest absolute Gasteiger partial charge is 0.462 e. The van der Waals surface area contributed by atoms with Crippen LogP contribution in [0.1, 0.15) is 45.6 Å². The minimum Gasteiger partial charge on any atom is -0.462 e. The normalized spacial score (nSPS) is 21.3. The monoisotopic (exact) mass is 401 g/mol. The van der Waals surface area contributed by atoms with Crippen LogP contribution < -0.4 is 0 Å². The molecule has 3 rings (SSSR count). The summed E-state index contributed by atoms with van der Waals surface area (Å²) in [5.74, 6) is -0.596. The Balaban J connectivity index is 1.88. The lowest BCUT2D eigenvalue weighted by Gasteiger charge is -2.37. The number of amides is 1. The van der Waals surface area contributed by atoms with E-state index < -0.39 is 11.4 Å². The SMILES string of the molecule is C[C@H]1CN(C(=O)OC(C)(C)C)CC[C@H]1c1c(F)c(Cl)cc2c(Cl)coc12. The Bertz CT molecular complexity index is 843. The molecule has 1 aliphatic heterocycles. The third-order valence-corrected chi connectivity index (χ3v) is 5.24. The smallest absolute Gasteiger partial charge is 0.410 e. The summed E-state index contributed by atoms with van der Waals surface area (Å²) in [6.45, 7) is 8.44. The van der Waals surface area contributed by atoms with Gasteiger partial charge < -0.3 is 14.1 Å². The molecule has 0 spiro atoms. The van der Waals surface area contributed by atoms with Crippen LogP contribution in [0.3, 0.4) is 0 Å². The summed E-state index contributed by atoms with van der Waals surface area (Å²) in [5, 5.41) is 1.04. The number of fused-ring (bicyclic) bond motifs is 1. The van der Waals surface area contributed by atoms with Gasteiger partial charge in [0.05, 0.1) is 10.0 Å². The van der Waals surface area contributed by atoms with Gasteiger partial charge >= 0.3 is 6.09 Å². The van der Waals surface area contributed by atoms with Gasteiger partial charge in [0.1, 0.15) is 23.3 Å². The van der Waals surface area contributed by atoms with Gasteiger partial charge in [0.2, 0.25) is 0 Å². The van der Waals surface area contributed by atoms with Crippen LogP contribution in [0.25, 0.3) is 11.0 Å². The molecule has 1 amide bonds. The molecule has 0 saturated carbocycles. The van der Waals surface area contributed by atoms with E-state index in [1.807, 2.05) is 27.7 Å². The van der Waals surface area contributed by atoms with Crippen molar-refractivity contribution in [1.29, 1.82) is 0 Å². The van der Waals surface area contributed by atoms with Crippen LogP contribution in [0.2, 0.25) is 10.0 Å². The van der Waals surface area contributed by atoms with Crippen LogP contribution in [0, 0.1) is 11.7 Å². The van der Waals surface area contributed by atoms with Gasteiger partial charge in [0, 0.05) is 24.0 Å². The standard InChI is InChI=1S/C19H22Cl2FNO3/c1-10-8-23(18(24)26-19(2,3)4)6-5-11(10)15-16(22)13(20)7-12-14(21)9-25-17(12)15/h7,9-11H,5-6,8H2,1-4H3/t10-,11+/m0/s1. The molecule has 142 valence electrons. The molecule has 26 heavy (non-hydrogen) atoms. The van der Waals surface area contributed by atoms with Gasteiger partial charge in [-0.2, -0.15) is 0 Å². The number of hydrogen-bond acceptors (Lipinski definition) is 3. The minimum atomic E-state index is -0.548. The maximum Gasteiger partial charge on any atom is 0.410 e. The topological polar surface area (TPSA) is 42.7 Å². The number of ether oxygens (including phenoxy) is 1. The van der Waals surface area contributed by atoms with Gasteiger partial charge in [0.15, 0.2) is 0 Å². The average molecular weight is 402 g/mol. The number of piperidine rings is 1. The third kappa shape index (κ3) is 3.65. The first kappa shape index (κ1) is 19.3. The zero-order chi connectivity index (χ0) is 19.2. The summed E-state index contributed by atoms with van der Waals surface area (Å²) in [7, 11) is 0. The van der Waals surface area contributed by atoms with Gasteiger partial charge in [-0.05, 0) is 45.1 Å². The molecule has 1 aromatic heterocycles. The molecular formula is C19H22Cl2FNO3. The van der Waals surface area contributed by atoms with Crippen LogP contribution in [-0.2, 0) is 4.74 Å². The molecule has 1 fully saturated rings. The van der Waals surface area contributed by atoms with E-state index in [1.165, 1.54) is 12.3 Å². The van der Waals surface area contributed by atoms with Gasteiger partial charge in [-0.25, -0.2) is 9.18 Å². The zero-order valence-corrected chi connectivity index (χ0v) is 16.7. The van der Waals surface area contributed by atoms with Crippen molar-refractivity contribution in [1.82, 2.24) is 4.90 Å². The molecule has 2 aromatic rings. The predicted octanol–water partition coefficient (Wildman–Crippen LogP) is 6.24. The highest BCUT2D eigenvalue weighted by atomic mass is 35.5. The maximum atomic E-state index is 14.8. The van der Waals surface area contributed by atoms with Crippen molar-refractivity contribution in [2.75, 3.05) is 13.1 Å². The van der Waals surface area contributed by atoms with Gasteiger partial charge in [-0.1, -0.05) is 30.1 Å². The van der Waals surface area contributed by atoms with Gasteiger partial charge in [-0.3, -0.25) is 0 Å². The van der Waals surface area contributed by atoms with Crippen molar-refractivity contribution >= 4 is 40.3 Å². The Morgan fingerprint density at radius 3 is 2.65 bits per heavy atom. The fraction of sp³-hybridized carbons (Fsp3) is 0.526. The molecule has 1 aliphatic rings. The van der Waals surface area contributed by atoms with Crippen molar-refractivity contribution in [3.8, 4) is 0 Å². The molecular weight excluding hydrogens is 380 g/mol. The van der Waals surface area contributed by atoms with Crippen LogP contribution in [0.15, 0.2) is 16.7 Å². The Morgan fingerprint density at radius 1 is 1.35 bits per heavy atom. The molecule has 2 heterocycles. The number of furan rings is 1. The summed E-state index contributed by atoms with van der Waals surface area (Å²) < 4.78 is 25.8. The van der Waals surface area contributed by atoms with E-state index >= 15 is 0 Å². The van der Waals surface area contributed by atoms with Crippen molar-refractivity contribution in [2.24, 2.45) is 5.92 Å². The fourth-order valence-electron chi connectivity index (χ4n) is 3.51. The Hall–Kier alpha value is -1.46. The van der Waals surface area contributed by atoms with Crippen LogP contribution in [0.5, 0.6) is 0 Å². The number of halogens is 3. The number of carbonyl (C=O) groups excluding carboxylic acids is 1. The van der Waals surface area contributed by atoms with E-state index in [1.54, 1.807) is 4.90 Å². The van der Waals surface area contributed by atoms with Crippen LogP contribution in [0.4, 0.5) is 9.18 Å². The first-order valence-electron chi connectivity index (χ1n) is 8.61. The number of hydrogen-bond donors (Lipinski definition) is 0. The first-order chi connectivity index (χ1) is 12.1. The number of nitrogens with zero attached hydrogens (tertiary/aromatic N) is 1. The van der Waals surface area contributed by atoms with E-state index in [4.69, 9.17) is 32.4 Å². The third-order valence-electron chi connectivity index (χ3n) is 4.67. The Labute approximate surface area is 162 Å². The molecule has 0 radical (unpaired) electrons. The first-order valence-corrected chi connectivity index (χ1v) is 9.36. The minimum absolute atomic E-state index is 0.0105. The summed E-state index contributed by atoms with van der Waals surface area (Å²) in [6, 6.07) is 1.49. The fourth-order valence-corrected chi connectivity index (χ4v) is 3.90. The second kappa shape index (κ2) is 6.93. The van der Waals surface area contributed by atoms with E-state index in [0.29, 0.717) is 41.1 Å². The number of benzene rings is 1. The summed E-state index contributed by atoms with van der Waals surface area (Å²) in [5.41, 5.74) is 0.322. The van der Waals surface area contributed by atoms with Crippen molar-refractivity contribution in [2.45, 2.75) is 45.6 Å². The van der Waals surface area contributed by atoms with Gasteiger partial charge in [-0.15, -0.1) is 0 Å². The molecule has 0 bridgehead atoms. The number of likely N-dealkylation sites (tertiary alicyclic amines) is 1. The van der Waals surface area contributed by atoms with Crippen molar-refractivity contribution in [3.05, 3.63) is 33.8 Å². The lowest BCUT2D eigenvalue weighted by Crippen LogP contribution is -2.44. The predicted molar refractivity (Wildman–Crippen MR) is 101 cm³/mol. The van der Waals surface area contributed by atoms with E-state index in [9.17, 15) is 9.18 Å². The molecule has 4 nitrogen and oxygen atoms in total. The molecule has 7 heteroatoms. The maximum absolute atomic E-state index is 14.8.